The van der Waals surface area contributed by atoms with E-state index in [1.807, 2.05) is 30.3 Å². The van der Waals surface area contributed by atoms with Crippen molar-refractivity contribution < 1.29 is 39.1 Å². The molecule has 0 atom stereocenters. The monoisotopic (exact) mass is 416 g/mol. The van der Waals surface area contributed by atoms with Gasteiger partial charge in [-0.15, -0.1) is 0 Å². The van der Waals surface area contributed by atoms with E-state index in [0.717, 1.165) is 24.8 Å². The Morgan fingerprint density at radius 3 is 2.30 bits per heavy atom. The maximum atomic E-state index is 13.1. The first-order valence-electron chi connectivity index (χ1n) is 9.71. The number of hydrogen-bond acceptors (Lipinski definition) is 8. The van der Waals surface area contributed by atoms with Gasteiger partial charge in [0.25, 0.3) is 0 Å². The molecule has 30 heavy (non-hydrogen) atoms. The summed E-state index contributed by atoms with van der Waals surface area (Å²) in [5, 5.41) is 17.8. The van der Waals surface area contributed by atoms with Gasteiger partial charge in [0.05, 0.1) is 5.56 Å². The fourth-order valence-electron chi connectivity index (χ4n) is 3.68. The molecule has 0 amide bonds. The van der Waals surface area contributed by atoms with Crippen LogP contribution < -0.4 is 4.74 Å². The third-order valence-corrected chi connectivity index (χ3v) is 5.09. The summed E-state index contributed by atoms with van der Waals surface area (Å²) in [7, 11) is 0. The highest BCUT2D eigenvalue weighted by molar-refractivity contribution is 5.96. The molecule has 2 aromatic rings. The highest BCUT2D eigenvalue weighted by Crippen LogP contribution is 2.41. The van der Waals surface area contributed by atoms with Gasteiger partial charge in [-0.05, 0) is 49.4 Å². The van der Waals surface area contributed by atoms with Crippen molar-refractivity contribution in [2.75, 3.05) is 13.6 Å². The third-order valence-electron chi connectivity index (χ3n) is 5.09. The molecule has 1 saturated carbocycles. The van der Waals surface area contributed by atoms with Crippen LogP contribution >= 0.6 is 0 Å². The highest BCUT2D eigenvalue weighted by atomic mass is 17.2. The van der Waals surface area contributed by atoms with Gasteiger partial charge in [-0.1, -0.05) is 36.8 Å². The Kier molecular flexibility index (Phi) is 7.40. The molecule has 0 heterocycles. The number of carbonyl (C=O) groups excluding carboxylic acids is 2. The number of aliphatic hydroxyl groups is 2. The molecule has 8 nitrogen and oxygen atoms in total. The lowest BCUT2D eigenvalue weighted by atomic mass is 9.79. The smallest absolute Gasteiger partial charge is 0.373 e. The van der Waals surface area contributed by atoms with Crippen LogP contribution in [0.25, 0.3) is 0 Å². The third kappa shape index (κ3) is 4.96. The van der Waals surface area contributed by atoms with Gasteiger partial charge in [-0.3, -0.25) is 4.89 Å². The SMILES string of the molecule is O=C(OOCO)c1ccc(C(=O)OC2(c3ccccc3)CCCCC2)c(OCO)c1. The lowest BCUT2D eigenvalue weighted by Gasteiger charge is -2.37. The zero-order valence-electron chi connectivity index (χ0n) is 16.4. The van der Waals surface area contributed by atoms with Crippen LogP contribution in [0.1, 0.15) is 58.4 Å². The van der Waals surface area contributed by atoms with Crippen molar-refractivity contribution in [3.63, 3.8) is 0 Å². The molecule has 0 unspecified atom stereocenters. The summed E-state index contributed by atoms with van der Waals surface area (Å²) in [6, 6.07) is 13.6. The molecule has 8 heteroatoms. The van der Waals surface area contributed by atoms with Gasteiger partial charge in [0, 0.05) is 0 Å². The van der Waals surface area contributed by atoms with E-state index in [-0.39, 0.29) is 16.9 Å². The van der Waals surface area contributed by atoms with Crippen molar-refractivity contribution in [2.24, 2.45) is 0 Å². The molecule has 1 aliphatic carbocycles. The van der Waals surface area contributed by atoms with Gasteiger partial charge in [0.2, 0.25) is 0 Å². The first kappa shape index (κ1) is 21.8. The molecule has 0 aromatic heterocycles. The van der Waals surface area contributed by atoms with Crippen LogP contribution in [0.15, 0.2) is 48.5 Å². The lowest BCUT2D eigenvalue weighted by Crippen LogP contribution is -2.35. The molecule has 2 aromatic carbocycles. The van der Waals surface area contributed by atoms with Gasteiger partial charge in [-0.25, -0.2) is 9.59 Å². The second-order valence-electron chi connectivity index (χ2n) is 6.91. The predicted molar refractivity (Wildman–Crippen MR) is 104 cm³/mol. The fraction of sp³-hybridized carbons (Fsp3) is 0.364. The molecule has 2 N–H and O–H groups in total. The minimum atomic E-state index is -0.889. The number of hydrogen-bond donors (Lipinski definition) is 2. The number of benzene rings is 2. The van der Waals surface area contributed by atoms with Crippen LogP contribution in [0.5, 0.6) is 5.75 Å². The highest BCUT2D eigenvalue weighted by Gasteiger charge is 2.38. The van der Waals surface area contributed by atoms with E-state index < -0.39 is 31.1 Å². The summed E-state index contributed by atoms with van der Waals surface area (Å²) in [4.78, 5) is 33.6. The van der Waals surface area contributed by atoms with E-state index >= 15 is 0 Å². The minimum absolute atomic E-state index is 0.0129. The maximum absolute atomic E-state index is 13.1. The van der Waals surface area contributed by atoms with Crippen molar-refractivity contribution in [3.05, 3.63) is 65.2 Å². The van der Waals surface area contributed by atoms with Crippen LogP contribution in [-0.4, -0.2) is 35.7 Å². The Bertz CT molecular complexity index is 859. The van der Waals surface area contributed by atoms with Gasteiger partial charge < -0.3 is 19.7 Å². The molecular formula is C22H24O8. The van der Waals surface area contributed by atoms with Crippen molar-refractivity contribution >= 4 is 11.9 Å². The number of rotatable bonds is 8. The van der Waals surface area contributed by atoms with Crippen molar-refractivity contribution in [1.82, 2.24) is 0 Å². The predicted octanol–water partition coefficient (Wildman–Crippen LogP) is 3.07. The average molecular weight is 416 g/mol. The first-order valence-corrected chi connectivity index (χ1v) is 9.71. The van der Waals surface area contributed by atoms with Crippen LogP contribution in [0.3, 0.4) is 0 Å². The molecule has 0 aliphatic heterocycles. The summed E-state index contributed by atoms with van der Waals surface area (Å²) >= 11 is 0. The van der Waals surface area contributed by atoms with E-state index in [1.165, 1.54) is 18.2 Å². The van der Waals surface area contributed by atoms with E-state index in [1.54, 1.807) is 0 Å². The van der Waals surface area contributed by atoms with E-state index in [4.69, 9.17) is 14.6 Å². The number of esters is 1. The normalized spacial score (nSPS) is 15.3. The van der Waals surface area contributed by atoms with E-state index in [0.29, 0.717) is 12.8 Å². The topological polar surface area (TPSA) is 112 Å². The summed E-state index contributed by atoms with van der Waals surface area (Å²) < 4.78 is 11.2. The molecular weight excluding hydrogens is 392 g/mol. The van der Waals surface area contributed by atoms with E-state index in [2.05, 4.69) is 9.78 Å². The standard InChI is InChI=1S/C22H24O8/c23-14-27-19-13-16(20(25)30-28-15-24)9-10-18(19)21(26)29-22(11-5-2-6-12-22)17-7-3-1-4-8-17/h1,3-4,7-10,13,23-24H,2,5-6,11-12,14-15H2. The molecule has 0 spiro atoms. The maximum Gasteiger partial charge on any atom is 0.373 e. The Hall–Kier alpha value is -2.94. The number of ether oxygens (including phenoxy) is 2. The summed E-state index contributed by atoms with van der Waals surface area (Å²) in [6.45, 7) is -1.49. The Morgan fingerprint density at radius 2 is 1.63 bits per heavy atom. The molecule has 3 rings (SSSR count). The summed E-state index contributed by atoms with van der Waals surface area (Å²) in [5.41, 5.74) is 0.284. The second kappa shape index (κ2) is 10.2. The number of carbonyl (C=O) groups is 2. The van der Waals surface area contributed by atoms with Crippen LogP contribution in [0.4, 0.5) is 0 Å². The van der Waals surface area contributed by atoms with Crippen molar-refractivity contribution in [1.29, 1.82) is 0 Å². The van der Waals surface area contributed by atoms with Crippen LogP contribution in [0.2, 0.25) is 0 Å². The van der Waals surface area contributed by atoms with Crippen molar-refractivity contribution in [2.45, 2.75) is 37.7 Å². The fourth-order valence-corrected chi connectivity index (χ4v) is 3.68. The largest absolute Gasteiger partial charge is 0.467 e. The Labute approximate surface area is 173 Å². The molecule has 0 radical (unpaired) electrons. The van der Waals surface area contributed by atoms with Crippen LogP contribution in [-0.2, 0) is 20.1 Å². The zero-order valence-corrected chi connectivity index (χ0v) is 16.4. The average Bonchev–Trinajstić information content (AvgIpc) is 2.78. The number of aliphatic hydroxyl groups excluding tert-OH is 2. The van der Waals surface area contributed by atoms with Gasteiger partial charge in [0.1, 0.15) is 16.9 Å². The lowest BCUT2D eigenvalue weighted by molar-refractivity contribution is -0.280. The summed E-state index contributed by atoms with van der Waals surface area (Å²) in [5.74, 6) is -1.53. The molecule has 1 aliphatic rings. The zero-order chi connectivity index (χ0) is 21.4. The van der Waals surface area contributed by atoms with Crippen LogP contribution in [0, 0.1) is 0 Å². The molecule has 1 fully saturated rings. The van der Waals surface area contributed by atoms with E-state index in [9.17, 15) is 14.7 Å². The molecule has 0 saturated heterocycles. The Morgan fingerprint density at radius 1 is 0.900 bits per heavy atom. The van der Waals surface area contributed by atoms with Gasteiger partial charge >= 0.3 is 11.9 Å². The summed E-state index contributed by atoms with van der Waals surface area (Å²) in [6.07, 6.45) is 4.39. The molecule has 0 bridgehead atoms. The quantitative estimate of drug-likeness (QED) is 0.292. The first-order chi connectivity index (χ1) is 14.6. The van der Waals surface area contributed by atoms with Gasteiger partial charge in [-0.2, -0.15) is 4.89 Å². The van der Waals surface area contributed by atoms with Crippen molar-refractivity contribution in [3.8, 4) is 5.75 Å². The second-order valence-corrected chi connectivity index (χ2v) is 6.91. The van der Waals surface area contributed by atoms with Gasteiger partial charge in [0.15, 0.2) is 13.6 Å². The molecule has 160 valence electrons. The minimum Gasteiger partial charge on any atom is -0.467 e. The Balaban J connectivity index is 1.88.